The molecule has 2 aliphatic heterocycles. The van der Waals surface area contributed by atoms with Gasteiger partial charge in [0.1, 0.15) is 0 Å². The number of hydrogen-bond acceptors (Lipinski definition) is 4. The zero-order chi connectivity index (χ0) is 18.6. The van der Waals surface area contributed by atoms with Crippen molar-refractivity contribution in [3.05, 3.63) is 30.1 Å². The second-order valence-corrected chi connectivity index (χ2v) is 7.26. The molecule has 1 unspecified atom stereocenters. The molecular formula is C19H26N4O3. The minimum atomic E-state index is -0.337. The smallest absolute Gasteiger partial charge is 0.241 e. The molecule has 0 aromatic carbocycles. The van der Waals surface area contributed by atoms with Crippen LogP contribution in [0.25, 0.3) is 0 Å². The average Bonchev–Trinajstić information content (AvgIpc) is 2.82. The van der Waals surface area contributed by atoms with Crippen molar-refractivity contribution in [1.82, 2.24) is 20.1 Å². The summed E-state index contributed by atoms with van der Waals surface area (Å²) in [6.07, 6.45) is 6.68. The van der Waals surface area contributed by atoms with Crippen molar-refractivity contribution in [1.29, 1.82) is 0 Å². The topological polar surface area (TPSA) is 82.6 Å². The van der Waals surface area contributed by atoms with Crippen LogP contribution >= 0.6 is 0 Å². The fourth-order valence-corrected chi connectivity index (χ4v) is 3.97. The van der Waals surface area contributed by atoms with E-state index in [0.717, 1.165) is 31.4 Å². The lowest BCUT2D eigenvalue weighted by molar-refractivity contribution is -0.137. The van der Waals surface area contributed by atoms with E-state index in [2.05, 4.69) is 10.3 Å². The Morgan fingerprint density at radius 2 is 1.88 bits per heavy atom. The fraction of sp³-hybridized carbons (Fsp3) is 0.579. The molecule has 1 spiro atoms. The normalized spacial score (nSPS) is 23.2. The number of rotatable bonds is 4. The molecule has 0 radical (unpaired) electrons. The Kier molecular flexibility index (Phi) is 5.54. The summed E-state index contributed by atoms with van der Waals surface area (Å²) in [5.74, 6) is -0.0656. The molecule has 140 valence electrons. The van der Waals surface area contributed by atoms with Crippen molar-refractivity contribution in [3.63, 3.8) is 0 Å². The van der Waals surface area contributed by atoms with Crippen LogP contribution in [0.5, 0.6) is 0 Å². The third-order valence-electron chi connectivity index (χ3n) is 5.51. The van der Waals surface area contributed by atoms with Gasteiger partial charge in [-0.2, -0.15) is 0 Å². The molecule has 3 amide bonds. The second-order valence-electron chi connectivity index (χ2n) is 7.26. The lowest BCUT2D eigenvalue weighted by atomic mass is 9.79. The van der Waals surface area contributed by atoms with Crippen molar-refractivity contribution < 1.29 is 14.4 Å². The van der Waals surface area contributed by atoms with Crippen molar-refractivity contribution in [2.75, 3.05) is 26.2 Å². The minimum Gasteiger partial charge on any atom is -0.347 e. The van der Waals surface area contributed by atoms with E-state index >= 15 is 0 Å². The van der Waals surface area contributed by atoms with Gasteiger partial charge in [0.2, 0.25) is 17.7 Å². The summed E-state index contributed by atoms with van der Waals surface area (Å²) in [4.78, 5) is 44.1. The van der Waals surface area contributed by atoms with Gasteiger partial charge in [0, 0.05) is 45.5 Å². The van der Waals surface area contributed by atoms with E-state index in [9.17, 15) is 14.4 Å². The standard InChI is InChI=1S/C19H26N4O3/c1-15(24)21-13-17(25)22-10-2-5-19(6-11-22)7-12-23(18(19)26)14-16-3-8-20-9-4-16/h3-4,8-9H,2,5-7,10-14H2,1H3,(H,21,24). The van der Waals surface area contributed by atoms with Crippen LogP contribution in [-0.4, -0.2) is 58.7 Å². The molecule has 3 heterocycles. The predicted molar refractivity (Wildman–Crippen MR) is 95.8 cm³/mol. The van der Waals surface area contributed by atoms with Gasteiger partial charge in [-0.15, -0.1) is 0 Å². The lowest BCUT2D eigenvalue weighted by Gasteiger charge is -2.27. The maximum absolute atomic E-state index is 13.1. The van der Waals surface area contributed by atoms with Gasteiger partial charge in [0.05, 0.1) is 12.0 Å². The molecular weight excluding hydrogens is 332 g/mol. The van der Waals surface area contributed by atoms with E-state index in [1.807, 2.05) is 17.0 Å². The molecule has 1 atom stereocenters. The maximum atomic E-state index is 13.1. The first-order valence-electron chi connectivity index (χ1n) is 9.21. The zero-order valence-electron chi connectivity index (χ0n) is 15.2. The molecule has 0 aliphatic carbocycles. The SMILES string of the molecule is CC(=O)NCC(=O)N1CCCC2(CC1)CCN(Cc1ccncc1)C2=O. The number of amides is 3. The number of hydrogen-bond donors (Lipinski definition) is 1. The highest BCUT2D eigenvalue weighted by Gasteiger charge is 2.47. The van der Waals surface area contributed by atoms with Gasteiger partial charge in [-0.05, 0) is 43.4 Å². The molecule has 3 rings (SSSR count). The molecule has 1 N–H and O–H groups in total. The number of carbonyl (C=O) groups excluding carboxylic acids is 3. The second kappa shape index (κ2) is 7.85. The lowest BCUT2D eigenvalue weighted by Crippen LogP contribution is -2.41. The molecule has 0 saturated carbocycles. The Hall–Kier alpha value is -2.44. The Morgan fingerprint density at radius 1 is 1.15 bits per heavy atom. The van der Waals surface area contributed by atoms with E-state index in [-0.39, 0.29) is 29.7 Å². The van der Waals surface area contributed by atoms with Crippen molar-refractivity contribution in [2.45, 2.75) is 39.2 Å². The molecule has 1 aromatic rings. The van der Waals surface area contributed by atoms with Gasteiger partial charge < -0.3 is 15.1 Å². The molecule has 2 saturated heterocycles. The maximum Gasteiger partial charge on any atom is 0.241 e. The largest absolute Gasteiger partial charge is 0.347 e. The molecule has 1 aromatic heterocycles. The van der Waals surface area contributed by atoms with Gasteiger partial charge in [-0.3, -0.25) is 19.4 Å². The summed E-state index contributed by atoms with van der Waals surface area (Å²) in [5.41, 5.74) is 0.752. The van der Waals surface area contributed by atoms with Crippen LogP contribution < -0.4 is 5.32 Å². The monoisotopic (exact) mass is 358 g/mol. The van der Waals surface area contributed by atoms with Gasteiger partial charge in [0.25, 0.3) is 0 Å². The summed E-state index contributed by atoms with van der Waals surface area (Å²) in [5, 5.41) is 2.56. The molecule has 2 fully saturated rings. The summed E-state index contributed by atoms with van der Waals surface area (Å²) in [7, 11) is 0. The fourth-order valence-electron chi connectivity index (χ4n) is 3.97. The number of nitrogens with zero attached hydrogens (tertiary/aromatic N) is 3. The molecule has 0 bridgehead atoms. The van der Waals surface area contributed by atoms with Crippen LogP contribution in [0.4, 0.5) is 0 Å². The van der Waals surface area contributed by atoms with E-state index in [4.69, 9.17) is 0 Å². The van der Waals surface area contributed by atoms with E-state index in [0.29, 0.717) is 26.1 Å². The molecule has 26 heavy (non-hydrogen) atoms. The minimum absolute atomic E-state index is 0.0322. The number of likely N-dealkylation sites (tertiary alicyclic amines) is 2. The number of nitrogens with one attached hydrogen (secondary N) is 1. The first-order chi connectivity index (χ1) is 12.5. The number of carbonyl (C=O) groups is 3. The highest BCUT2D eigenvalue weighted by molar-refractivity contribution is 5.86. The van der Waals surface area contributed by atoms with Crippen LogP contribution in [0.2, 0.25) is 0 Å². The number of pyridine rings is 1. The molecule has 2 aliphatic rings. The van der Waals surface area contributed by atoms with Crippen molar-refractivity contribution in [2.24, 2.45) is 5.41 Å². The van der Waals surface area contributed by atoms with Crippen LogP contribution in [0.3, 0.4) is 0 Å². The van der Waals surface area contributed by atoms with Gasteiger partial charge in [-0.1, -0.05) is 0 Å². The summed E-state index contributed by atoms with van der Waals surface area (Å²) >= 11 is 0. The predicted octanol–water partition coefficient (Wildman–Crippen LogP) is 0.949. The first-order valence-corrected chi connectivity index (χ1v) is 9.21. The summed E-state index contributed by atoms with van der Waals surface area (Å²) in [6, 6.07) is 3.88. The summed E-state index contributed by atoms with van der Waals surface area (Å²) < 4.78 is 0. The summed E-state index contributed by atoms with van der Waals surface area (Å²) in [6.45, 7) is 4.05. The highest BCUT2D eigenvalue weighted by Crippen LogP contribution is 2.42. The Balaban J connectivity index is 1.60. The highest BCUT2D eigenvalue weighted by atomic mass is 16.2. The third-order valence-corrected chi connectivity index (χ3v) is 5.51. The van der Waals surface area contributed by atoms with Crippen LogP contribution in [-0.2, 0) is 20.9 Å². The quantitative estimate of drug-likeness (QED) is 0.869. The Labute approximate surface area is 153 Å². The van der Waals surface area contributed by atoms with E-state index in [1.54, 1.807) is 17.3 Å². The van der Waals surface area contributed by atoms with Crippen LogP contribution in [0, 0.1) is 5.41 Å². The van der Waals surface area contributed by atoms with E-state index < -0.39 is 0 Å². The zero-order valence-corrected chi connectivity index (χ0v) is 15.2. The van der Waals surface area contributed by atoms with Crippen LogP contribution in [0.1, 0.15) is 38.2 Å². The molecule has 7 heteroatoms. The van der Waals surface area contributed by atoms with Gasteiger partial charge in [-0.25, -0.2) is 0 Å². The number of aromatic nitrogens is 1. The Bertz CT molecular complexity index is 679. The first kappa shape index (κ1) is 18.4. The van der Waals surface area contributed by atoms with Crippen LogP contribution in [0.15, 0.2) is 24.5 Å². The van der Waals surface area contributed by atoms with Gasteiger partial charge >= 0.3 is 0 Å². The van der Waals surface area contributed by atoms with Gasteiger partial charge in [0.15, 0.2) is 0 Å². The molecule has 7 nitrogen and oxygen atoms in total. The van der Waals surface area contributed by atoms with Crippen molar-refractivity contribution >= 4 is 17.7 Å². The third kappa shape index (κ3) is 4.03. The van der Waals surface area contributed by atoms with Crippen molar-refractivity contribution in [3.8, 4) is 0 Å². The van der Waals surface area contributed by atoms with E-state index in [1.165, 1.54) is 6.92 Å². The average molecular weight is 358 g/mol. The Morgan fingerprint density at radius 3 is 2.62 bits per heavy atom.